The van der Waals surface area contributed by atoms with Crippen LogP contribution in [0.15, 0.2) is 24.3 Å². The van der Waals surface area contributed by atoms with E-state index in [2.05, 4.69) is 5.32 Å². The molecule has 3 amide bonds. The number of carboxylic acids is 1. The van der Waals surface area contributed by atoms with Crippen LogP contribution in [0, 0.1) is 0 Å². The van der Waals surface area contributed by atoms with Crippen molar-refractivity contribution in [3.63, 3.8) is 0 Å². The molecular weight excluding hydrogens is 240 g/mol. The molecule has 2 rings (SSSR count). The van der Waals surface area contributed by atoms with Crippen molar-refractivity contribution < 1.29 is 24.6 Å². The van der Waals surface area contributed by atoms with Crippen LogP contribution in [0.25, 0.3) is 0 Å². The number of benzene rings is 1. The Morgan fingerprint density at radius 3 is 2.22 bits per heavy atom. The van der Waals surface area contributed by atoms with Crippen LogP contribution < -0.4 is 10.6 Å². The van der Waals surface area contributed by atoms with Gasteiger partial charge >= 0.3 is 12.0 Å². The minimum atomic E-state index is -1.55. The number of amides is 3. The number of aliphatic hydroxyl groups excluding tert-OH is 1. The summed E-state index contributed by atoms with van der Waals surface area (Å²) in [5.41, 5.74) is -1.18. The summed E-state index contributed by atoms with van der Waals surface area (Å²) in [5.74, 6) is -1.77. The van der Waals surface area contributed by atoms with E-state index in [0.717, 1.165) is 0 Å². The lowest BCUT2D eigenvalue weighted by Crippen LogP contribution is -2.47. The Morgan fingerprint density at radius 2 is 1.83 bits per heavy atom. The summed E-state index contributed by atoms with van der Waals surface area (Å²) in [6.07, 6.45) is 0. The highest BCUT2D eigenvalue weighted by Gasteiger charge is 2.47. The summed E-state index contributed by atoms with van der Waals surface area (Å²) in [5, 5.41) is 22.5. The molecule has 0 saturated carbocycles. The van der Waals surface area contributed by atoms with Gasteiger partial charge in [0.25, 0.3) is 5.91 Å². The van der Waals surface area contributed by atoms with Crippen LogP contribution in [-0.2, 0) is 10.3 Å². The van der Waals surface area contributed by atoms with E-state index >= 15 is 0 Å². The van der Waals surface area contributed by atoms with Crippen molar-refractivity contribution in [2.75, 3.05) is 6.61 Å². The summed E-state index contributed by atoms with van der Waals surface area (Å²) in [6.45, 7) is -0.614. The van der Waals surface area contributed by atoms with Gasteiger partial charge < -0.3 is 15.5 Å². The van der Waals surface area contributed by atoms with Gasteiger partial charge in [0.05, 0.1) is 12.2 Å². The number of aliphatic hydroxyl groups is 1. The SMILES string of the molecule is O=C1NC(=O)C(CO)(c2ccc(C(=O)O)cc2)N1. The van der Waals surface area contributed by atoms with Crippen LogP contribution in [0.1, 0.15) is 15.9 Å². The molecule has 0 aromatic heterocycles. The molecule has 1 unspecified atom stereocenters. The average Bonchev–Trinajstić information content (AvgIpc) is 2.65. The molecule has 0 radical (unpaired) electrons. The fraction of sp³-hybridized carbons (Fsp3) is 0.182. The first-order valence-electron chi connectivity index (χ1n) is 5.08. The fourth-order valence-corrected chi connectivity index (χ4v) is 1.79. The minimum absolute atomic E-state index is 0.0524. The van der Waals surface area contributed by atoms with Crippen LogP contribution in [0.3, 0.4) is 0 Å². The molecule has 1 saturated heterocycles. The average molecular weight is 250 g/mol. The second-order valence-corrected chi connectivity index (χ2v) is 3.85. The van der Waals surface area contributed by atoms with E-state index in [0.29, 0.717) is 5.56 Å². The van der Waals surface area contributed by atoms with E-state index in [1.165, 1.54) is 24.3 Å². The van der Waals surface area contributed by atoms with Crippen LogP contribution in [-0.4, -0.2) is 34.7 Å². The van der Waals surface area contributed by atoms with Gasteiger partial charge in [-0.25, -0.2) is 9.59 Å². The van der Waals surface area contributed by atoms with E-state index in [9.17, 15) is 19.5 Å². The van der Waals surface area contributed by atoms with Gasteiger partial charge in [0.1, 0.15) is 0 Å². The summed E-state index contributed by atoms with van der Waals surface area (Å²) < 4.78 is 0. The molecule has 1 aliphatic heterocycles. The summed E-state index contributed by atoms with van der Waals surface area (Å²) in [7, 11) is 0. The molecule has 1 aliphatic rings. The molecule has 7 heteroatoms. The van der Waals surface area contributed by atoms with Gasteiger partial charge in [-0.15, -0.1) is 0 Å². The Bertz CT molecular complexity index is 525. The molecule has 0 spiro atoms. The van der Waals surface area contributed by atoms with Crippen molar-refractivity contribution in [2.45, 2.75) is 5.54 Å². The van der Waals surface area contributed by atoms with Crippen LogP contribution in [0.5, 0.6) is 0 Å². The lowest BCUT2D eigenvalue weighted by atomic mass is 9.90. The number of rotatable bonds is 3. The van der Waals surface area contributed by atoms with Gasteiger partial charge in [-0.2, -0.15) is 0 Å². The maximum atomic E-state index is 11.7. The quantitative estimate of drug-likeness (QED) is 0.535. The van der Waals surface area contributed by atoms with Crippen molar-refractivity contribution in [1.82, 2.24) is 10.6 Å². The molecule has 94 valence electrons. The Morgan fingerprint density at radius 1 is 1.22 bits per heavy atom. The smallest absolute Gasteiger partial charge is 0.335 e. The Labute approximate surface area is 101 Å². The van der Waals surface area contributed by atoms with E-state index in [1.54, 1.807) is 0 Å². The van der Waals surface area contributed by atoms with E-state index in [4.69, 9.17) is 5.11 Å². The summed E-state index contributed by atoms with van der Waals surface area (Å²) >= 11 is 0. The predicted octanol–water partition coefficient (Wildman–Crippen LogP) is -0.588. The first kappa shape index (κ1) is 12.1. The van der Waals surface area contributed by atoms with Crippen molar-refractivity contribution in [2.24, 2.45) is 0 Å². The van der Waals surface area contributed by atoms with E-state index < -0.39 is 30.1 Å². The molecule has 7 nitrogen and oxygen atoms in total. The number of carbonyl (C=O) groups is 3. The van der Waals surface area contributed by atoms with Gasteiger partial charge in [0, 0.05) is 0 Å². The molecule has 0 bridgehead atoms. The third kappa shape index (κ3) is 1.70. The molecule has 4 N–H and O–H groups in total. The Hall–Kier alpha value is -2.41. The molecule has 1 aromatic rings. The zero-order valence-electron chi connectivity index (χ0n) is 9.14. The van der Waals surface area contributed by atoms with Crippen LogP contribution >= 0.6 is 0 Å². The zero-order chi connectivity index (χ0) is 13.3. The number of nitrogens with one attached hydrogen (secondary N) is 2. The van der Waals surface area contributed by atoms with Crippen molar-refractivity contribution in [1.29, 1.82) is 0 Å². The second kappa shape index (κ2) is 4.11. The summed E-state index contributed by atoms with van der Waals surface area (Å²) in [6, 6.07) is 4.66. The number of carboxylic acid groups (broad SMARTS) is 1. The number of carbonyl (C=O) groups excluding carboxylic acids is 2. The third-order valence-electron chi connectivity index (χ3n) is 2.80. The van der Waals surface area contributed by atoms with Crippen molar-refractivity contribution in [3.05, 3.63) is 35.4 Å². The molecule has 1 heterocycles. The van der Waals surface area contributed by atoms with Gasteiger partial charge in [0.2, 0.25) is 0 Å². The largest absolute Gasteiger partial charge is 0.478 e. The molecule has 1 aromatic carbocycles. The normalized spacial score (nSPS) is 22.5. The molecule has 0 aliphatic carbocycles. The highest BCUT2D eigenvalue weighted by Crippen LogP contribution is 2.24. The second-order valence-electron chi connectivity index (χ2n) is 3.85. The molecular formula is C11H10N2O5. The monoisotopic (exact) mass is 250 g/mol. The summed E-state index contributed by atoms with van der Waals surface area (Å²) in [4.78, 5) is 33.5. The highest BCUT2D eigenvalue weighted by molar-refractivity contribution is 6.07. The lowest BCUT2D eigenvalue weighted by Gasteiger charge is -2.23. The highest BCUT2D eigenvalue weighted by atomic mass is 16.4. The number of aromatic carboxylic acids is 1. The number of hydrogen-bond donors (Lipinski definition) is 4. The Balaban J connectivity index is 2.42. The Kier molecular flexibility index (Phi) is 2.76. The fourth-order valence-electron chi connectivity index (χ4n) is 1.79. The van der Waals surface area contributed by atoms with Crippen molar-refractivity contribution in [3.8, 4) is 0 Å². The first-order valence-corrected chi connectivity index (χ1v) is 5.08. The maximum absolute atomic E-state index is 11.7. The van der Waals surface area contributed by atoms with Gasteiger partial charge in [-0.05, 0) is 17.7 Å². The molecule has 18 heavy (non-hydrogen) atoms. The van der Waals surface area contributed by atoms with E-state index in [-0.39, 0.29) is 5.56 Å². The molecule has 1 fully saturated rings. The van der Waals surface area contributed by atoms with E-state index in [1.807, 2.05) is 5.32 Å². The lowest BCUT2D eigenvalue weighted by molar-refractivity contribution is -0.125. The topological polar surface area (TPSA) is 116 Å². The van der Waals surface area contributed by atoms with Gasteiger partial charge in [-0.1, -0.05) is 12.1 Å². The van der Waals surface area contributed by atoms with Gasteiger partial charge in [-0.3, -0.25) is 10.1 Å². The number of urea groups is 1. The maximum Gasteiger partial charge on any atom is 0.335 e. The molecule has 1 atom stereocenters. The minimum Gasteiger partial charge on any atom is -0.478 e. The van der Waals surface area contributed by atoms with Crippen molar-refractivity contribution >= 4 is 17.9 Å². The van der Waals surface area contributed by atoms with Gasteiger partial charge in [0.15, 0.2) is 5.54 Å². The van der Waals surface area contributed by atoms with Crippen LogP contribution in [0.4, 0.5) is 4.79 Å². The standard InChI is InChI=1S/C11H10N2O5/c14-5-11(9(17)12-10(18)13-11)7-3-1-6(2-4-7)8(15)16/h1-4,14H,5H2,(H,15,16)(H2,12,13,17,18). The zero-order valence-corrected chi connectivity index (χ0v) is 9.14. The predicted molar refractivity (Wildman–Crippen MR) is 58.8 cm³/mol. The number of hydrogen-bond acceptors (Lipinski definition) is 4. The van der Waals surface area contributed by atoms with Crippen LogP contribution in [0.2, 0.25) is 0 Å². The third-order valence-corrected chi connectivity index (χ3v) is 2.80. The number of imide groups is 1. The first-order chi connectivity index (χ1) is 8.49.